The molecular weight excluding hydrogens is 365 g/mol. The number of aromatic nitrogens is 3. The number of hydrogen-bond acceptors (Lipinski definition) is 4. The number of H-pyrrole nitrogens is 1. The van der Waals surface area contributed by atoms with E-state index in [-0.39, 0.29) is 5.82 Å². The minimum absolute atomic E-state index is 0.250. The van der Waals surface area contributed by atoms with Crippen LogP contribution in [0.2, 0.25) is 0 Å². The van der Waals surface area contributed by atoms with E-state index in [1.807, 2.05) is 12.3 Å². The predicted octanol–water partition coefficient (Wildman–Crippen LogP) is 5.94. The van der Waals surface area contributed by atoms with Gasteiger partial charge in [-0.3, -0.25) is 0 Å². The molecule has 0 aliphatic rings. The molecule has 1 N–H and O–H groups in total. The summed E-state index contributed by atoms with van der Waals surface area (Å²) >= 11 is 3.47. The second kappa shape index (κ2) is 7.43. The van der Waals surface area contributed by atoms with Gasteiger partial charge in [0.15, 0.2) is 0 Å². The Kier molecular flexibility index (Phi) is 4.86. The van der Waals surface area contributed by atoms with Crippen LogP contribution in [0.25, 0.3) is 22.5 Å². The van der Waals surface area contributed by atoms with Crippen LogP contribution in [-0.2, 0) is 5.75 Å². The van der Waals surface area contributed by atoms with Gasteiger partial charge in [-0.15, -0.1) is 23.1 Å². The smallest absolute Gasteiger partial charge is 0.138 e. The average molecular weight is 382 g/mol. The second-order valence-corrected chi connectivity index (χ2v) is 7.88. The molecule has 0 aliphatic carbocycles. The summed E-state index contributed by atoms with van der Waals surface area (Å²) in [6.07, 6.45) is 5.37. The fraction of sp³-hybridized carbons (Fsp3) is 0.100. The summed E-state index contributed by atoms with van der Waals surface area (Å²) in [5.41, 5.74) is 4.09. The highest BCUT2D eigenvalue weighted by atomic mass is 32.2. The van der Waals surface area contributed by atoms with Gasteiger partial charge in [0, 0.05) is 40.3 Å². The molecule has 0 spiro atoms. The summed E-state index contributed by atoms with van der Waals surface area (Å²) < 4.78 is 13.3. The van der Waals surface area contributed by atoms with Gasteiger partial charge in [-0.25, -0.2) is 14.4 Å². The van der Waals surface area contributed by atoms with Gasteiger partial charge in [-0.2, -0.15) is 0 Å². The van der Waals surface area contributed by atoms with Crippen molar-refractivity contribution in [1.29, 1.82) is 0 Å². The second-order valence-electron chi connectivity index (χ2n) is 5.89. The van der Waals surface area contributed by atoms with E-state index in [4.69, 9.17) is 0 Å². The molecule has 0 atom stereocenters. The van der Waals surface area contributed by atoms with Crippen LogP contribution in [0.3, 0.4) is 0 Å². The van der Waals surface area contributed by atoms with Gasteiger partial charge in [-0.05, 0) is 47.7 Å². The number of hydrogen-bond donors (Lipinski definition) is 1. The lowest BCUT2D eigenvalue weighted by Crippen LogP contribution is -1.91. The monoisotopic (exact) mass is 381 g/mol. The predicted molar refractivity (Wildman–Crippen MR) is 106 cm³/mol. The first-order valence-corrected chi connectivity index (χ1v) is 9.98. The van der Waals surface area contributed by atoms with Crippen molar-refractivity contribution in [2.75, 3.05) is 0 Å². The van der Waals surface area contributed by atoms with E-state index in [0.29, 0.717) is 0 Å². The molecule has 26 heavy (non-hydrogen) atoms. The van der Waals surface area contributed by atoms with Gasteiger partial charge in [0.05, 0.1) is 5.03 Å². The van der Waals surface area contributed by atoms with Crippen molar-refractivity contribution >= 4 is 23.1 Å². The first-order chi connectivity index (χ1) is 12.7. The molecule has 4 aromatic rings. The molecule has 4 rings (SSSR count). The molecule has 3 aromatic heterocycles. The first kappa shape index (κ1) is 17.0. The molecule has 0 saturated heterocycles. The average Bonchev–Trinajstić information content (AvgIpc) is 3.32. The van der Waals surface area contributed by atoms with Crippen LogP contribution in [0, 0.1) is 12.7 Å². The maximum atomic E-state index is 13.3. The number of nitrogens with one attached hydrogen (secondary N) is 1. The number of aromatic amines is 1. The zero-order valence-electron chi connectivity index (χ0n) is 14.1. The van der Waals surface area contributed by atoms with E-state index in [0.717, 1.165) is 33.3 Å². The van der Waals surface area contributed by atoms with Gasteiger partial charge >= 0.3 is 0 Å². The topological polar surface area (TPSA) is 41.6 Å². The Hall–Kier alpha value is -2.44. The van der Waals surface area contributed by atoms with Crippen molar-refractivity contribution in [3.63, 3.8) is 0 Å². The lowest BCUT2D eigenvalue weighted by atomic mass is 10.0. The van der Waals surface area contributed by atoms with Crippen molar-refractivity contribution < 1.29 is 4.39 Å². The van der Waals surface area contributed by atoms with Crippen molar-refractivity contribution in [1.82, 2.24) is 15.0 Å². The van der Waals surface area contributed by atoms with Crippen LogP contribution in [0.1, 0.15) is 10.4 Å². The number of halogens is 1. The van der Waals surface area contributed by atoms with E-state index >= 15 is 0 Å². The van der Waals surface area contributed by atoms with E-state index in [1.165, 1.54) is 22.6 Å². The standard InChI is InChI=1S/C20H16FN3S2/c1-13-8-16(25-11-13)12-26-19-9-17(20-22-6-7-23-20)18(10-24-19)14-2-4-15(21)5-3-14/h2-11H,12H2,1H3,(H,22,23). The molecule has 130 valence electrons. The fourth-order valence-corrected chi connectivity index (χ4v) is 4.50. The van der Waals surface area contributed by atoms with Crippen LogP contribution in [-0.4, -0.2) is 15.0 Å². The maximum Gasteiger partial charge on any atom is 0.138 e. The number of thioether (sulfide) groups is 1. The Bertz CT molecular complexity index is 1010. The molecule has 0 saturated carbocycles. The first-order valence-electron chi connectivity index (χ1n) is 8.11. The van der Waals surface area contributed by atoms with E-state index in [9.17, 15) is 4.39 Å². The van der Waals surface area contributed by atoms with E-state index < -0.39 is 0 Å². The van der Waals surface area contributed by atoms with Gasteiger partial charge < -0.3 is 4.98 Å². The summed E-state index contributed by atoms with van der Waals surface area (Å²) in [5, 5.41) is 3.10. The minimum atomic E-state index is -0.250. The number of thiophene rings is 1. The Morgan fingerprint density at radius 1 is 1.12 bits per heavy atom. The highest BCUT2D eigenvalue weighted by Crippen LogP contribution is 2.34. The Balaban J connectivity index is 1.67. The van der Waals surface area contributed by atoms with Crippen molar-refractivity contribution in [3.05, 3.63) is 76.6 Å². The summed E-state index contributed by atoms with van der Waals surface area (Å²) in [6, 6.07) is 10.7. The molecule has 0 amide bonds. The maximum absolute atomic E-state index is 13.3. The SMILES string of the molecule is Cc1csc(CSc2cc(-c3ncc[nH]3)c(-c3ccc(F)cc3)cn2)c1. The molecule has 6 heteroatoms. The number of aryl methyl sites for hydroxylation is 1. The highest BCUT2D eigenvalue weighted by Gasteiger charge is 2.12. The van der Waals surface area contributed by atoms with Crippen LogP contribution >= 0.6 is 23.1 Å². The molecule has 0 unspecified atom stereocenters. The molecule has 0 radical (unpaired) electrons. The summed E-state index contributed by atoms with van der Waals surface area (Å²) in [7, 11) is 0. The summed E-state index contributed by atoms with van der Waals surface area (Å²) in [5.74, 6) is 1.42. The molecule has 1 aromatic carbocycles. The van der Waals surface area contributed by atoms with Gasteiger partial charge in [0.25, 0.3) is 0 Å². The fourth-order valence-electron chi connectivity index (χ4n) is 2.69. The van der Waals surface area contributed by atoms with Crippen LogP contribution in [0.5, 0.6) is 0 Å². The Morgan fingerprint density at radius 3 is 2.65 bits per heavy atom. The minimum Gasteiger partial charge on any atom is -0.345 e. The summed E-state index contributed by atoms with van der Waals surface area (Å²) in [4.78, 5) is 13.5. The lowest BCUT2D eigenvalue weighted by molar-refractivity contribution is 0.628. The third-order valence-corrected chi connectivity index (χ3v) is 6.15. The Labute approximate surface area is 159 Å². The highest BCUT2D eigenvalue weighted by molar-refractivity contribution is 7.98. The van der Waals surface area contributed by atoms with Gasteiger partial charge in [0.2, 0.25) is 0 Å². The Morgan fingerprint density at radius 2 is 1.96 bits per heavy atom. The number of rotatable bonds is 5. The summed E-state index contributed by atoms with van der Waals surface area (Å²) in [6.45, 7) is 2.11. The van der Waals surface area contributed by atoms with Crippen LogP contribution in [0.15, 0.2) is 65.4 Å². The van der Waals surface area contributed by atoms with E-state index in [1.54, 1.807) is 47.6 Å². The van der Waals surface area contributed by atoms with Gasteiger partial charge in [0.1, 0.15) is 11.6 Å². The largest absolute Gasteiger partial charge is 0.345 e. The molecule has 3 nitrogen and oxygen atoms in total. The van der Waals surface area contributed by atoms with Crippen molar-refractivity contribution in [2.45, 2.75) is 17.7 Å². The van der Waals surface area contributed by atoms with Crippen LogP contribution < -0.4 is 0 Å². The third-order valence-electron chi connectivity index (χ3n) is 3.93. The number of benzene rings is 1. The molecule has 3 heterocycles. The number of nitrogens with zero attached hydrogens (tertiary/aromatic N) is 2. The lowest BCUT2D eigenvalue weighted by Gasteiger charge is -2.10. The zero-order chi connectivity index (χ0) is 17.9. The number of pyridine rings is 1. The molecule has 0 fully saturated rings. The normalized spacial score (nSPS) is 11.0. The van der Waals surface area contributed by atoms with Crippen molar-refractivity contribution in [3.8, 4) is 22.5 Å². The zero-order valence-corrected chi connectivity index (χ0v) is 15.7. The molecule has 0 aliphatic heterocycles. The third kappa shape index (κ3) is 3.71. The van der Waals surface area contributed by atoms with Gasteiger partial charge in [-0.1, -0.05) is 12.1 Å². The van der Waals surface area contributed by atoms with Crippen LogP contribution in [0.4, 0.5) is 4.39 Å². The molecular formula is C20H16FN3S2. The number of imidazole rings is 1. The quantitative estimate of drug-likeness (QED) is 0.435. The van der Waals surface area contributed by atoms with Crippen molar-refractivity contribution in [2.24, 2.45) is 0 Å². The van der Waals surface area contributed by atoms with E-state index in [2.05, 4.69) is 33.3 Å². The molecule has 0 bridgehead atoms.